The summed E-state index contributed by atoms with van der Waals surface area (Å²) < 4.78 is 24.1. The van der Waals surface area contributed by atoms with Crippen LogP contribution in [0, 0.1) is 5.82 Å². The SMILES string of the molecule is COc1ccc(C2/C=C\CN(C(=O)OCc3ccccc3)CC(=O)N2Cc2ccc(F)cc2)cc1. The molecule has 180 valence electrons. The molecule has 7 heteroatoms. The molecule has 4 rings (SSSR count). The first-order chi connectivity index (χ1) is 17.0. The molecule has 0 radical (unpaired) electrons. The lowest BCUT2D eigenvalue weighted by Gasteiger charge is -2.34. The standard InChI is InChI=1S/C28H27FN2O4/c1-34-25-15-11-23(12-16-25)26-8-5-17-30(28(33)35-20-22-6-3-2-4-7-22)19-27(32)31(26)18-21-9-13-24(29)14-10-21/h2-16,26H,17-20H2,1H3/b8-5-. The molecular weight excluding hydrogens is 447 g/mol. The Morgan fingerprint density at radius 2 is 1.69 bits per heavy atom. The Labute approximate surface area is 204 Å². The molecule has 1 aliphatic rings. The number of halogens is 1. The summed E-state index contributed by atoms with van der Waals surface area (Å²) in [5.41, 5.74) is 2.55. The highest BCUT2D eigenvalue weighted by atomic mass is 19.1. The van der Waals surface area contributed by atoms with Crippen LogP contribution in [-0.2, 0) is 22.7 Å². The largest absolute Gasteiger partial charge is 0.497 e. The summed E-state index contributed by atoms with van der Waals surface area (Å²) in [4.78, 5) is 29.3. The summed E-state index contributed by atoms with van der Waals surface area (Å²) in [6.45, 7) is 0.497. The molecule has 0 spiro atoms. The molecule has 0 saturated heterocycles. The number of amides is 2. The fraction of sp³-hybridized carbons (Fsp3) is 0.214. The Bertz CT molecular complexity index is 1160. The van der Waals surface area contributed by atoms with Crippen LogP contribution in [0.25, 0.3) is 0 Å². The Morgan fingerprint density at radius 3 is 2.37 bits per heavy atom. The predicted molar refractivity (Wildman–Crippen MR) is 130 cm³/mol. The van der Waals surface area contributed by atoms with E-state index in [-0.39, 0.29) is 44.0 Å². The van der Waals surface area contributed by atoms with Crippen LogP contribution in [-0.4, -0.2) is 42.0 Å². The van der Waals surface area contributed by atoms with E-state index in [0.29, 0.717) is 5.75 Å². The zero-order valence-corrected chi connectivity index (χ0v) is 19.5. The normalized spacial score (nSPS) is 16.9. The van der Waals surface area contributed by atoms with Crippen LogP contribution in [0.5, 0.6) is 5.75 Å². The summed E-state index contributed by atoms with van der Waals surface area (Å²) in [6, 6.07) is 22.6. The number of ether oxygens (including phenoxy) is 2. The van der Waals surface area contributed by atoms with Crippen LogP contribution >= 0.6 is 0 Å². The van der Waals surface area contributed by atoms with E-state index in [0.717, 1.165) is 16.7 Å². The van der Waals surface area contributed by atoms with Crippen LogP contribution in [0.1, 0.15) is 22.7 Å². The van der Waals surface area contributed by atoms with Crippen LogP contribution in [0.15, 0.2) is 91.0 Å². The highest BCUT2D eigenvalue weighted by Crippen LogP contribution is 2.28. The van der Waals surface area contributed by atoms with E-state index in [1.54, 1.807) is 24.1 Å². The van der Waals surface area contributed by atoms with Gasteiger partial charge in [-0.2, -0.15) is 0 Å². The monoisotopic (exact) mass is 474 g/mol. The molecule has 0 fully saturated rings. The number of carbonyl (C=O) groups is 2. The van der Waals surface area contributed by atoms with Gasteiger partial charge in [0.15, 0.2) is 0 Å². The molecule has 3 aromatic rings. The number of rotatable bonds is 6. The Morgan fingerprint density at radius 1 is 0.971 bits per heavy atom. The van der Waals surface area contributed by atoms with Crippen molar-refractivity contribution in [1.29, 1.82) is 0 Å². The average molecular weight is 475 g/mol. The third kappa shape index (κ3) is 6.26. The van der Waals surface area contributed by atoms with E-state index in [4.69, 9.17) is 9.47 Å². The third-order valence-electron chi connectivity index (χ3n) is 5.81. The molecule has 6 nitrogen and oxygen atoms in total. The van der Waals surface area contributed by atoms with Gasteiger partial charge in [0.25, 0.3) is 0 Å². The Balaban J connectivity index is 1.56. The van der Waals surface area contributed by atoms with Crippen molar-refractivity contribution in [2.45, 2.75) is 19.2 Å². The van der Waals surface area contributed by atoms with E-state index in [1.165, 1.54) is 17.0 Å². The number of hydrogen-bond acceptors (Lipinski definition) is 4. The molecular formula is C28H27FN2O4. The second-order valence-electron chi connectivity index (χ2n) is 8.21. The van der Waals surface area contributed by atoms with Crippen molar-refractivity contribution in [1.82, 2.24) is 9.80 Å². The van der Waals surface area contributed by atoms with Gasteiger partial charge in [-0.15, -0.1) is 0 Å². The molecule has 0 aliphatic carbocycles. The Kier molecular flexibility index (Phi) is 7.77. The summed E-state index contributed by atoms with van der Waals surface area (Å²) >= 11 is 0. The van der Waals surface area contributed by atoms with Gasteiger partial charge < -0.3 is 14.4 Å². The van der Waals surface area contributed by atoms with E-state index in [1.807, 2.05) is 66.7 Å². The second-order valence-corrected chi connectivity index (χ2v) is 8.21. The van der Waals surface area contributed by atoms with Crippen molar-refractivity contribution in [2.24, 2.45) is 0 Å². The molecule has 2 amide bonds. The van der Waals surface area contributed by atoms with Crippen molar-refractivity contribution >= 4 is 12.0 Å². The maximum absolute atomic E-state index is 13.5. The summed E-state index contributed by atoms with van der Waals surface area (Å²) in [5, 5.41) is 0. The Hall–Kier alpha value is -4.13. The molecule has 35 heavy (non-hydrogen) atoms. The predicted octanol–water partition coefficient (Wildman–Crippen LogP) is 5.11. The van der Waals surface area contributed by atoms with Crippen LogP contribution in [0.2, 0.25) is 0 Å². The summed E-state index contributed by atoms with van der Waals surface area (Å²) in [6.07, 6.45) is 3.21. The minimum atomic E-state index is -0.559. The van der Waals surface area contributed by atoms with Gasteiger partial charge in [-0.3, -0.25) is 9.69 Å². The quantitative estimate of drug-likeness (QED) is 0.466. The topological polar surface area (TPSA) is 59.1 Å². The van der Waals surface area contributed by atoms with Gasteiger partial charge in [0.2, 0.25) is 5.91 Å². The zero-order valence-electron chi connectivity index (χ0n) is 19.5. The lowest BCUT2D eigenvalue weighted by Crippen LogP contribution is -2.45. The molecule has 0 bridgehead atoms. The fourth-order valence-electron chi connectivity index (χ4n) is 3.91. The third-order valence-corrected chi connectivity index (χ3v) is 5.81. The summed E-state index contributed by atoms with van der Waals surface area (Å²) in [7, 11) is 1.60. The molecule has 3 aromatic carbocycles. The molecule has 0 saturated carbocycles. The van der Waals surface area contributed by atoms with E-state index in [9.17, 15) is 14.0 Å². The minimum absolute atomic E-state index is 0.127. The number of benzene rings is 3. The first kappa shape index (κ1) is 24.0. The average Bonchev–Trinajstić information content (AvgIpc) is 2.88. The maximum Gasteiger partial charge on any atom is 0.410 e. The molecule has 0 N–H and O–H groups in total. The van der Waals surface area contributed by atoms with E-state index in [2.05, 4.69) is 0 Å². The van der Waals surface area contributed by atoms with Crippen LogP contribution < -0.4 is 4.74 Å². The molecule has 1 atom stereocenters. The number of hydrogen-bond donors (Lipinski definition) is 0. The molecule has 1 unspecified atom stereocenters. The van der Waals surface area contributed by atoms with Crippen molar-refractivity contribution in [3.05, 3.63) is 114 Å². The van der Waals surface area contributed by atoms with Crippen molar-refractivity contribution in [3.8, 4) is 5.75 Å². The van der Waals surface area contributed by atoms with Gasteiger partial charge in [0.05, 0.1) is 13.2 Å². The number of methoxy groups -OCH3 is 1. The van der Waals surface area contributed by atoms with Crippen LogP contribution in [0.4, 0.5) is 9.18 Å². The van der Waals surface area contributed by atoms with E-state index >= 15 is 0 Å². The van der Waals surface area contributed by atoms with Gasteiger partial charge in [-0.1, -0.05) is 66.7 Å². The van der Waals surface area contributed by atoms with Crippen molar-refractivity contribution in [3.63, 3.8) is 0 Å². The van der Waals surface area contributed by atoms with Gasteiger partial charge in [0.1, 0.15) is 24.7 Å². The minimum Gasteiger partial charge on any atom is -0.497 e. The second kappa shape index (κ2) is 11.3. The lowest BCUT2D eigenvalue weighted by molar-refractivity contribution is -0.134. The highest BCUT2D eigenvalue weighted by molar-refractivity contribution is 5.83. The van der Waals surface area contributed by atoms with Crippen molar-refractivity contribution < 1.29 is 23.5 Å². The molecule has 0 aromatic heterocycles. The molecule has 1 heterocycles. The van der Waals surface area contributed by atoms with Gasteiger partial charge in [-0.25, -0.2) is 9.18 Å². The smallest absolute Gasteiger partial charge is 0.410 e. The van der Waals surface area contributed by atoms with Crippen molar-refractivity contribution in [2.75, 3.05) is 20.2 Å². The van der Waals surface area contributed by atoms with E-state index < -0.39 is 6.09 Å². The van der Waals surface area contributed by atoms with Gasteiger partial charge in [0, 0.05) is 13.1 Å². The maximum atomic E-state index is 13.5. The first-order valence-corrected chi connectivity index (χ1v) is 11.3. The van der Waals surface area contributed by atoms with Gasteiger partial charge >= 0.3 is 6.09 Å². The molecule has 1 aliphatic heterocycles. The number of nitrogens with zero attached hydrogens (tertiary/aromatic N) is 2. The highest BCUT2D eigenvalue weighted by Gasteiger charge is 2.29. The first-order valence-electron chi connectivity index (χ1n) is 11.3. The summed E-state index contributed by atoms with van der Waals surface area (Å²) in [5.74, 6) is 0.134. The number of carbonyl (C=O) groups excluding carboxylic acids is 2. The zero-order chi connectivity index (χ0) is 24.6. The van der Waals surface area contributed by atoms with Crippen LogP contribution in [0.3, 0.4) is 0 Å². The fourth-order valence-corrected chi connectivity index (χ4v) is 3.91. The van der Waals surface area contributed by atoms with Gasteiger partial charge in [-0.05, 0) is 41.0 Å². The lowest BCUT2D eigenvalue weighted by atomic mass is 10.0.